The Kier molecular flexibility index (Phi) is 5.81. The van der Waals surface area contributed by atoms with Gasteiger partial charge in [-0.05, 0) is 13.1 Å². The largest absolute Gasteiger partial charge is 0.459 e. The van der Waals surface area contributed by atoms with E-state index in [1.807, 2.05) is 30.1 Å². The maximum Gasteiger partial charge on any atom is 0.322 e. The zero-order chi connectivity index (χ0) is 22.9. The van der Waals surface area contributed by atoms with Gasteiger partial charge in [-0.15, -0.1) is 0 Å². The molecule has 174 valence electrons. The third-order valence-corrected chi connectivity index (χ3v) is 6.13. The van der Waals surface area contributed by atoms with Crippen LogP contribution in [-0.2, 0) is 9.53 Å². The molecule has 1 N–H and O–H groups in total. The van der Waals surface area contributed by atoms with Crippen LogP contribution in [0.3, 0.4) is 0 Å². The molecule has 5 rings (SSSR count). The quantitative estimate of drug-likeness (QED) is 0.600. The molecule has 2 fully saturated rings. The summed E-state index contributed by atoms with van der Waals surface area (Å²) in [5, 5.41) is 8.08. The second-order valence-corrected chi connectivity index (χ2v) is 8.64. The highest BCUT2D eigenvalue weighted by molar-refractivity contribution is 5.92. The number of hydrogen-bond donors (Lipinski definition) is 1. The lowest BCUT2D eigenvalue weighted by molar-refractivity contribution is -0.133. The van der Waals surface area contributed by atoms with Crippen molar-refractivity contribution in [2.75, 3.05) is 58.9 Å². The zero-order valence-corrected chi connectivity index (χ0v) is 19.1. The van der Waals surface area contributed by atoms with E-state index in [1.54, 1.807) is 25.2 Å². The number of benzene rings is 1. The van der Waals surface area contributed by atoms with Crippen LogP contribution in [0, 0.1) is 0 Å². The van der Waals surface area contributed by atoms with E-state index < -0.39 is 0 Å². The fourth-order valence-electron chi connectivity index (χ4n) is 4.36. The molecule has 4 heterocycles. The monoisotopic (exact) mass is 452 g/mol. The van der Waals surface area contributed by atoms with E-state index >= 15 is 0 Å². The molecule has 11 heteroatoms. The van der Waals surface area contributed by atoms with E-state index in [4.69, 9.17) is 14.5 Å². The molecule has 1 amide bonds. The summed E-state index contributed by atoms with van der Waals surface area (Å²) >= 11 is 0. The van der Waals surface area contributed by atoms with Crippen LogP contribution < -0.4 is 9.64 Å². The second kappa shape index (κ2) is 8.91. The lowest BCUT2D eigenvalue weighted by atomic mass is 10.1. The molecule has 2 saturated heterocycles. The molecular formula is C22H28N8O3. The van der Waals surface area contributed by atoms with Gasteiger partial charge in [0.15, 0.2) is 5.82 Å². The van der Waals surface area contributed by atoms with Crippen molar-refractivity contribution in [2.24, 2.45) is 0 Å². The first-order chi connectivity index (χ1) is 16.0. The Balaban J connectivity index is 1.47. The molecule has 0 radical (unpaired) electrons. The number of nitrogens with zero attached hydrogens (tertiary/aromatic N) is 7. The number of nitrogens with one attached hydrogen (secondary N) is 1. The first-order valence-electron chi connectivity index (χ1n) is 11.1. The normalized spacial score (nSPS) is 21.5. The number of carbonyl (C=O) groups is 1. The van der Waals surface area contributed by atoms with Crippen molar-refractivity contribution < 1.29 is 14.3 Å². The number of fused-ring (bicyclic) bond motifs is 1. The number of aromatic amines is 1. The molecule has 0 unspecified atom stereocenters. The lowest BCUT2D eigenvalue weighted by Gasteiger charge is -2.27. The highest BCUT2D eigenvalue weighted by Gasteiger charge is 2.37. The van der Waals surface area contributed by atoms with Gasteiger partial charge in [0.05, 0.1) is 31.0 Å². The Labute approximate surface area is 191 Å². The van der Waals surface area contributed by atoms with Crippen molar-refractivity contribution in [1.29, 1.82) is 0 Å². The fourth-order valence-corrected chi connectivity index (χ4v) is 4.36. The number of anilines is 1. The molecule has 0 aliphatic carbocycles. The molecule has 1 aromatic carbocycles. The van der Waals surface area contributed by atoms with Gasteiger partial charge in [-0.2, -0.15) is 20.1 Å². The Morgan fingerprint density at radius 2 is 2.03 bits per heavy atom. The van der Waals surface area contributed by atoms with Crippen molar-refractivity contribution >= 4 is 22.8 Å². The number of rotatable bonds is 5. The van der Waals surface area contributed by atoms with Crippen LogP contribution in [0.1, 0.15) is 6.42 Å². The van der Waals surface area contributed by atoms with Gasteiger partial charge in [0.25, 0.3) is 0 Å². The third-order valence-electron chi connectivity index (χ3n) is 6.13. The van der Waals surface area contributed by atoms with Gasteiger partial charge in [0.1, 0.15) is 6.10 Å². The van der Waals surface area contributed by atoms with Gasteiger partial charge in [-0.1, -0.05) is 12.1 Å². The summed E-state index contributed by atoms with van der Waals surface area (Å²) in [5.41, 5.74) is 1.76. The molecule has 2 aromatic heterocycles. The van der Waals surface area contributed by atoms with E-state index in [0.717, 1.165) is 16.5 Å². The Morgan fingerprint density at radius 1 is 1.21 bits per heavy atom. The van der Waals surface area contributed by atoms with Crippen LogP contribution in [0.4, 0.5) is 5.95 Å². The maximum absolute atomic E-state index is 12.5. The summed E-state index contributed by atoms with van der Waals surface area (Å²) in [6.07, 6.45) is 2.16. The number of aromatic nitrogens is 5. The first kappa shape index (κ1) is 21.5. The Bertz CT molecular complexity index is 1140. The molecule has 3 aromatic rings. The summed E-state index contributed by atoms with van der Waals surface area (Å²) < 4.78 is 11.7. The number of carbonyl (C=O) groups excluding carboxylic acids is 1. The van der Waals surface area contributed by atoms with E-state index in [2.05, 4.69) is 25.1 Å². The summed E-state index contributed by atoms with van der Waals surface area (Å²) in [7, 11) is 5.48. The highest BCUT2D eigenvalue weighted by Crippen LogP contribution is 2.29. The third kappa shape index (κ3) is 4.33. The fraction of sp³-hybridized carbons (Fsp3) is 0.500. The summed E-state index contributed by atoms with van der Waals surface area (Å²) in [6.45, 7) is 3.26. The number of likely N-dealkylation sites (N-methyl/N-ethyl adjacent to an activating group) is 2. The van der Waals surface area contributed by atoms with Crippen molar-refractivity contribution in [3.8, 4) is 17.4 Å². The topological polar surface area (TPSA) is 113 Å². The molecular weight excluding hydrogens is 424 g/mol. The molecule has 0 spiro atoms. The van der Waals surface area contributed by atoms with E-state index in [9.17, 15) is 4.79 Å². The van der Waals surface area contributed by atoms with E-state index in [-0.39, 0.29) is 24.1 Å². The second-order valence-electron chi connectivity index (χ2n) is 8.64. The average Bonchev–Trinajstić information content (AvgIpc) is 3.45. The lowest BCUT2D eigenvalue weighted by Crippen LogP contribution is -2.40. The van der Waals surface area contributed by atoms with Gasteiger partial charge in [0.2, 0.25) is 11.9 Å². The van der Waals surface area contributed by atoms with Crippen LogP contribution >= 0.6 is 0 Å². The van der Waals surface area contributed by atoms with Gasteiger partial charge >= 0.3 is 6.01 Å². The molecule has 0 saturated carbocycles. The standard InChI is InChI=1S/C22H28N8O3/c1-28(2)20(31)18-11-14(13-29(18)3)33-22-25-19(15-5-4-6-17-16(15)12-23-27-17)24-21(26-22)30-7-9-32-10-8-30/h4-6,12,14,18H,7-11,13H2,1-3H3,(H,23,27)/t14-,18+/m0/s1. The van der Waals surface area contributed by atoms with E-state index in [0.29, 0.717) is 51.0 Å². The van der Waals surface area contributed by atoms with Gasteiger partial charge in [0, 0.05) is 51.1 Å². The summed E-state index contributed by atoms with van der Waals surface area (Å²) in [5.74, 6) is 1.16. The molecule has 2 aliphatic rings. The van der Waals surface area contributed by atoms with Crippen molar-refractivity contribution in [3.05, 3.63) is 24.4 Å². The van der Waals surface area contributed by atoms with Gasteiger partial charge in [-0.3, -0.25) is 14.8 Å². The molecule has 0 bridgehead atoms. The minimum absolute atomic E-state index is 0.0700. The van der Waals surface area contributed by atoms with Crippen molar-refractivity contribution in [2.45, 2.75) is 18.6 Å². The van der Waals surface area contributed by atoms with Crippen LogP contribution in [-0.4, -0.2) is 107 Å². The number of likely N-dealkylation sites (tertiary alicyclic amines) is 1. The number of ether oxygens (including phenoxy) is 2. The minimum Gasteiger partial charge on any atom is -0.459 e. The molecule has 11 nitrogen and oxygen atoms in total. The predicted octanol–water partition coefficient (Wildman–Crippen LogP) is 0.791. The predicted molar refractivity (Wildman–Crippen MR) is 122 cm³/mol. The van der Waals surface area contributed by atoms with Crippen molar-refractivity contribution in [3.63, 3.8) is 0 Å². The molecule has 2 atom stereocenters. The Morgan fingerprint density at radius 3 is 2.82 bits per heavy atom. The number of hydrogen-bond acceptors (Lipinski definition) is 9. The SMILES string of the molecule is CN(C)C(=O)[C@H]1C[C@H](Oc2nc(-c3cccc4[nH]ncc34)nc(N3CCOCC3)n2)CN1C. The average molecular weight is 453 g/mol. The number of H-pyrrole nitrogens is 1. The van der Waals surface area contributed by atoms with Crippen molar-refractivity contribution in [1.82, 2.24) is 34.9 Å². The number of amides is 1. The summed E-state index contributed by atoms with van der Waals surface area (Å²) in [4.78, 5) is 32.3. The van der Waals surface area contributed by atoms with Gasteiger partial charge in [-0.25, -0.2) is 0 Å². The Hall–Kier alpha value is -3.31. The van der Waals surface area contributed by atoms with Crippen LogP contribution in [0.2, 0.25) is 0 Å². The number of morpholine rings is 1. The zero-order valence-electron chi connectivity index (χ0n) is 19.1. The molecule has 33 heavy (non-hydrogen) atoms. The summed E-state index contributed by atoms with van der Waals surface area (Å²) in [6, 6.07) is 5.92. The smallest absolute Gasteiger partial charge is 0.322 e. The van der Waals surface area contributed by atoms with Crippen LogP contribution in [0.25, 0.3) is 22.3 Å². The van der Waals surface area contributed by atoms with Crippen LogP contribution in [0.15, 0.2) is 24.4 Å². The van der Waals surface area contributed by atoms with E-state index in [1.165, 1.54) is 0 Å². The first-order valence-corrected chi connectivity index (χ1v) is 11.1. The van der Waals surface area contributed by atoms with Gasteiger partial charge < -0.3 is 19.3 Å². The maximum atomic E-state index is 12.5. The molecule has 2 aliphatic heterocycles. The van der Waals surface area contributed by atoms with Crippen LogP contribution in [0.5, 0.6) is 6.01 Å². The minimum atomic E-state index is -0.218. The highest BCUT2D eigenvalue weighted by atomic mass is 16.5.